The number of nitriles is 1. The number of benzene rings is 2. The summed E-state index contributed by atoms with van der Waals surface area (Å²) in [6.07, 6.45) is 2.40. The van der Waals surface area contributed by atoms with Crippen LogP contribution >= 0.6 is 0 Å². The summed E-state index contributed by atoms with van der Waals surface area (Å²) in [7, 11) is 0. The minimum atomic E-state index is -0.816. The van der Waals surface area contributed by atoms with E-state index in [9.17, 15) is 5.11 Å². The smallest absolute Gasteiger partial charge is 0.229 e. The number of hydrogen-bond acceptors (Lipinski definition) is 7. The topological polar surface area (TPSA) is 107 Å². The summed E-state index contributed by atoms with van der Waals surface area (Å²) in [6, 6.07) is 18.3. The molecule has 3 N–H and O–H groups in total. The van der Waals surface area contributed by atoms with E-state index in [1.165, 1.54) is 0 Å². The SMILES string of the molecule is Cc1cc([C@@H](O)c2ccco2)cc(C)c1Nc1ccnc(Nc2ccc(C#N)cc2)n1. The summed E-state index contributed by atoms with van der Waals surface area (Å²) >= 11 is 0. The van der Waals surface area contributed by atoms with Crippen LogP contribution in [-0.2, 0) is 0 Å². The Kier molecular flexibility index (Phi) is 5.65. The summed E-state index contributed by atoms with van der Waals surface area (Å²) in [5.41, 5.74) is 5.01. The molecule has 4 rings (SSSR count). The van der Waals surface area contributed by atoms with Crippen molar-refractivity contribution >= 4 is 23.1 Å². The number of aryl methyl sites for hydroxylation is 2. The lowest BCUT2D eigenvalue weighted by atomic mass is 9.99. The number of nitrogens with zero attached hydrogens (tertiary/aromatic N) is 3. The third-order valence-corrected chi connectivity index (χ3v) is 4.86. The first kappa shape index (κ1) is 20.1. The quantitative estimate of drug-likeness (QED) is 0.404. The highest BCUT2D eigenvalue weighted by Gasteiger charge is 2.16. The predicted molar refractivity (Wildman–Crippen MR) is 118 cm³/mol. The number of anilines is 4. The first-order valence-corrected chi connectivity index (χ1v) is 9.73. The van der Waals surface area contributed by atoms with Crippen molar-refractivity contribution in [2.24, 2.45) is 0 Å². The maximum absolute atomic E-state index is 10.6. The van der Waals surface area contributed by atoms with Gasteiger partial charge in [-0.2, -0.15) is 10.2 Å². The Hall–Kier alpha value is -4.15. The van der Waals surface area contributed by atoms with E-state index in [0.29, 0.717) is 23.1 Å². The lowest BCUT2D eigenvalue weighted by Gasteiger charge is -2.17. The molecule has 0 unspecified atom stereocenters. The number of furan rings is 1. The fourth-order valence-corrected chi connectivity index (χ4v) is 3.34. The molecule has 0 bridgehead atoms. The van der Waals surface area contributed by atoms with Crippen LogP contribution in [0.4, 0.5) is 23.1 Å². The van der Waals surface area contributed by atoms with Gasteiger partial charge < -0.3 is 20.2 Å². The molecular weight excluding hydrogens is 390 g/mol. The van der Waals surface area contributed by atoms with Crippen molar-refractivity contribution in [1.82, 2.24) is 9.97 Å². The van der Waals surface area contributed by atoms with Crippen LogP contribution in [0.2, 0.25) is 0 Å². The normalized spacial score (nSPS) is 11.5. The van der Waals surface area contributed by atoms with E-state index < -0.39 is 6.10 Å². The van der Waals surface area contributed by atoms with E-state index in [0.717, 1.165) is 28.1 Å². The van der Waals surface area contributed by atoms with Gasteiger partial charge in [-0.1, -0.05) is 12.1 Å². The fraction of sp³-hybridized carbons (Fsp3) is 0.125. The monoisotopic (exact) mass is 411 g/mol. The van der Waals surface area contributed by atoms with Gasteiger partial charge in [-0.25, -0.2) is 4.98 Å². The van der Waals surface area contributed by atoms with Crippen LogP contribution in [-0.4, -0.2) is 15.1 Å². The summed E-state index contributed by atoms with van der Waals surface area (Å²) in [6.45, 7) is 3.95. The molecule has 0 saturated carbocycles. The van der Waals surface area contributed by atoms with E-state index in [2.05, 4.69) is 26.7 Å². The summed E-state index contributed by atoms with van der Waals surface area (Å²) < 4.78 is 5.32. The van der Waals surface area contributed by atoms with Crippen LogP contribution in [0.1, 0.15) is 34.1 Å². The number of nitrogens with one attached hydrogen (secondary N) is 2. The van der Waals surface area contributed by atoms with Crippen LogP contribution in [0.3, 0.4) is 0 Å². The standard InChI is InChI=1S/C24H21N5O2/c1-15-12-18(23(30)20-4-3-11-31-20)13-16(2)22(15)28-21-9-10-26-24(29-21)27-19-7-5-17(14-25)6-8-19/h3-13,23,30H,1-2H3,(H2,26,27,28,29)/t23-/m1/s1. The third kappa shape index (κ3) is 4.55. The van der Waals surface area contributed by atoms with Gasteiger partial charge in [0.25, 0.3) is 0 Å². The van der Waals surface area contributed by atoms with Gasteiger partial charge in [-0.3, -0.25) is 0 Å². The van der Waals surface area contributed by atoms with Crippen molar-refractivity contribution in [1.29, 1.82) is 5.26 Å². The molecule has 2 heterocycles. The molecule has 2 aromatic heterocycles. The van der Waals surface area contributed by atoms with Crippen LogP contribution in [0.15, 0.2) is 71.5 Å². The summed E-state index contributed by atoms with van der Waals surface area (Å²) in [5, 5.41) is 26.0. The van der Waals surface area contributed by atoms with Crippen LogP contribution in [0.5, 0.6) is 0 Å². The second kappa shape index (κ2) is 8.69. The van der Waals surface area contributed by atoms with Gasteiger partial charge in [-0.05, 0) is 73.0 Å². The molecule has 7 heteroatoms. The van der Waals surface area contributed by atoms with Crippen molar-refractivity contribution < 1.29 is 9.52 Å². The molecule has 0 radical (unpaired) electrons. The zero-order valence-electron chi connectivity index (χ0n) is 17.1. The molecule has 1 atom stereocenters. The van der Waals surface area contributed by atoms with E-state index in [1.807, 2.05) is 26.0 Å². The van der Waals surface area contributed by atoms with E-state index in [-0.39, 0.29) is 0 Å². The van der Waals surface area contributed by atoms with E-state index >= 15 is 0 Å². The predicted octanol–water partition coefficient (Wildman–Crippen LogP) is 5.13. The van der Waals surface area contributed by atoms with Crippen molar-refractivity contribution in [2.75, 3.05) is 10.6 Å². The minimum absolute atomic E-state index is 0.440. The Labute approximate surface area is 180 Å². The number of aromatic nitrogens is 2. The molecule has 31 heavy (non-hydrogen) atoms. The molecule has 0 saturated heterocycles. The fourth-order valence-electron chi connectivity index (χ4n) is 3.34. The lowest BCUT2D eigenvalue weighted by molar-refractivity contribution is 0.189. The van der Waals surface area contributed by atoms with Gasteiger partial charge in [0.05, 0.1) is 17.9 Å². The highest BCUT2D eigenvalue weighted by molar-refractivity contribution is 5.66. The molecular formula is C24H21N5O2. The number of rotatable bonds is 6. The molecule has 7 nitrogen and oxygen atoms in total. The van der Waals surface area contributed by atoms with Crippen molar-refractivity contribution in [3.8, 4) is 6.07 Å². The van der Waals surface area contributed by atoms with Gasteiger partial charge in [0.1, 0.15) is 17.7 Å². The first-order chi connectivity index (χ1) is 15.0. The molecule has 4 aromatic rings. The van der Waals surface area contributed by atoms with Gasteiger partial charge in [0, 0.05) is 17.6 Å². The van der Waals surface area contributed by atoms with E-state index in [1.54, 1.807) is 54.9 Å². The Balaban J connectivity index is 1.53. The maximum Gasteiger partial charge on any atom is 0.229 e. The molecule has 0 aliphatic rings. The zero-order chi connectivity index (χ0) is 21.8. The average Bonchev–Trinajstić information content (AvgIpc) is 3.31. The number of aliphatic hydroxyl groups is 1. The molecule has 0 amide bonds. The van der Waals surface area contributed by atoms with Gasteiger partial charge in [-0.15, -0.1) is 0 Å². The van der Waals surface area contributed by atoms with Gasteiger partial charge in [0.2, 0.25) is 5.95 Å². The minimum Gasteiger partial charge on any atom is -0.466 e. The number of aliphatic hydroxyl groups excluding tert-OH is 1. The van der Waals surface area contributed by atoms with Crippen LogP contribution < -0.4 is 10.6 Å². The molecule has 2 aromatic carbocycles. The third-order valence-electron chi connectivity index (χ3n) is 4.86. The second-order valence-electron chi connectivity index (χ2n) is 7.15. The van der Waals surface area contributed by atoms with Crippen molar-refractivity contribution in [3.63, 3.8) is 0 Å². The Morgan fingerprint density at radius 2 is 1.77 bits per heavy atom. The van der Waals surface area contributed by atoms with Crippen molar-refractivity contribution in [3.05, 3.63) is 95.1 Å². The van der Waals surface area contributed by atoms with Gasteiger partial charge in [0.15, 0.2) is 0 Å². The highest BCUT2D eigenvalue weighted by Crippen LogP contribution is 2.30. The summed E-state index contributed by atoms with van der Waals surface area (Å²) in [4.78, 5) is 8.78. The second-order valence-corrected chi connectivity index (χ2v) is 7.15. The maximum atomic E-state index is 10.6. The lowest BCUT2D eigenvalue weighted by Crippen LogP contribution is -2.04. The largest absolute Gasteiger partial charge is 0.466 e. The molecule has 154 valence electrons. The number of hydrogen-bond donors (Lipinski definition) is 3. The molecule has 0 fully saturated rings. The Morgan fingerprint density at radius 3 is 2.42 bits per heavy atom. The van der Waals surface area contributed by atoms with Crippen LogP contribution in [0.25, 0.3) is 0 Å². The first-order valence-electron chi connectivity index (χ1n) is 9.73. The van der Waals surface area contributed by atoms with Gasteiger partial charge >= 0.3 is 0 Å². The van der Waals surface area contributed by atoms with Crippen molar-refractivity contribution in [2.45, 2.75) is 20.0 Å². The Bertz CT molecular complexity index is 1200. The highest BCUT2D eigenvalue weighted by atomic mass is 16.4. The summed E-state index contributed by atoms with van der Waals surface area (Å²) in [5.74, 6) is 1.58. The molecule has 0 aliphatic heterocycles. The molecule has 0 aliphatic carbocycles. The Morgan fingerprint density at radius 1 is 1.03 bits per heavy atom. The van der Waals surface area contributed by atoms with Crippen LogP contribution in [0, 0.1) is 25.2 Å². The zero-order valence-corrected chi connectivity index (χ0v) is 17.1. The van der Waals surface area contributed by atoms with E-state index in [4.69, 9.17) is 9.68 Å². The molecule has 0 spiro atoms. The average molecular weight is 411 g/mol.